The maximum Gasteiger partial charge on any atom is 0.0236 e. The minimum absolute atomic E-state index is 0.714. The Hall–Kier alpha value is -0.860. The number of piperidine rings is 1. The van der Waals surface area contributed by atoms with Gasteiger partial charge >= 0.3 is 0 Å². The molecule has 0 atom stereocenters. The first-order chi connectivity index (χ1) is 10.3. The van der Waals surface area contributed by atoms with Gasteiger partial charge < -0.3 is 5.73 Å². The van der Waals surface area contributed by atoms with Gasteiger partial charge in [0, 0.05) is 6.54 Å². The first-order valence-electron chi connectivity index (χ1n) is 8.81. The third-order valence-corrected chi connectivity index (χ3v) is 5.76. The molecule has 1 aliphatic heterocycles. The smallest absolute Gasteiger partial charge is 0.0236 e. The Balaban J connectivity index is 1.58. The summed E-state index contributed by atoms with van der Waals surface area (Å²) in [5.41, 5.74) is 9.39. The van der Waals surface area contributed by atoms with Crippen molar-refractivity contribution >= 4 is 0 Å². The first-order valence-corrected chi connectivity index (χ1v) is 8.81. The molecule has 2 heteroatoms. The lowest BCUT2D eigenvalue weighted by Crippen LogP contribution is -2.40. The van der Waals surface area contributed by atoms with Crippen molar-refractivity contribution in [2.24, 2.45) is 11.1 Å². The SMILES string of the molecule is NCCc1ccccc1CN1CCC2(CCCCC2)CC1. The van der Waals surface area contributed by atoms with Gasteiger partial charge in [0.25, 0.3) is 0 Å². The highest BCUT2D eigenvalue weighted by Crippen LogP contribution is 2.44. The molecule has 116 valence electrons. The molecule has 0 unspecified atom stereocenters. The fourth-order valence-electron chi connectivity index (χ4n) is 4.34. The topological polar surface area (TPSA) is 29.3 Å². The van der Waals surface area contributed by atoms with Gasteiger partial charge in [-0.3, -0.25) is 4.90 Å². The summed E-state index contributed by atoms with van der Waals surface area (Å²) in [5, 5.41) is 0. The van der Waals surface area contributed by atoms with Crippen LogP contribution in [0.2, 0.25) is 0 Å². The van der Waals surface area contributed by atoms with Gasteiger partial charge in [0.2, 0.25) is 0 Å². The summed E-state index contributed by atoms with van der Waals surface area (Å²) < 4.78 is 0. The monoisotopic (exact) mass is 286 g/mol. The van der Waals surface area contributed by atoms with E-state index in [0.717, 1.165) is 19.5 Å². The summed E-state index contributed by atoms with van der Waals surface area (Å²) in [6.07, 6.45) is 11.2. The van der Waals surface area contributed by atoms with Gasteiger partial charge in [-0.2, -0.15) is 0 Å². The van der Waals surface area contributed by atoms with E-state index in [1.807, 2.05) is 0 Å². The molecule has 1 spiro atoms. The lowest BCUT2D eigenvalue weighted by atomic mass is 9.68. The number of hydrogen-bond acceptors (Lipinski definition) is 2. The zero-order valence-corrected chi connectivity index (χ0v) is 13.3. The molecule has 0 radical (unpaired) electrons. The van der Waals surface area contributed by atoms with Crippen molar-refractivity contribution in [2.45, 2.75) is 57.9 Å². The van der Waals surface area contributed by atoms with Crippen molar-refractivity contribution in [1.82, 2.24) is 4.90 Å². The molecule has 2 aliphatic rings. The fourth-order valence-corrected chi connectivity index (χ4v) is 4.34. The fraction of sp³-hybridized carbons (Fsp3) is 0.684. The molecule has 1 aromatic carbocycles. The lowest BCUT2D eigenvalue weighted by molar-refractivity contribution is 0.0640. The van der Waals surface area contributed by atoms with E-state index in [0.29, 0.717) is 5.41 Å². The van der Waals surface area contributed by atoms with Crippen LogP contribution in [0, 0.1) is 5.41 Å². The van der Waals surface area contributed by atoms with Crippen LogP contribution in [0.25, 0.3) is 0 Å². The summed E-state index contributed by atoms with van der Waals surface area (Å²) in [6.45, 7) is 4.44. The van der Waals surface area contributed by atoms with Gasteiger partial charge in [0.15, 0.2) is 0 Å². The molecule has 0 bridgehead atoms. The second kappa shape index (κ2) is 6.93. The predicted molar refractivity (Wildman–Crippen MR) is 89.2 cm³/mol. The lowest BCUT2D eigenvalue weighted by Gasteiger charge is -2.44. The number of benzene rings is 1. The molecule has 1 aliphatic carbocycles. The highest BCUT2D eigenvalue weighted by molar-refractivity contribution is 5.27. The molecule has 21 heavy (non-hydrogen) atoms. The third-order valence-electron chi connectivity index (χ3n) is 5.76. The van der Waals surface area contributed by atoms with Crippen molar-refractivity contribution < 1.29 is 0 Å². The minimum atomic E-state index is 0.714. The number of nitrogens with two attached hydrogens (primary N) is 1. The number of nitrogens with zero attached hydrogens (tertiary/aromatic N) is 1. The Kier molecular flexibility index (Phi) is 4.97. The summed E-state index contributed by atoms with van der Waals surface area (Å²) >= 11 is 0. The number of likely N-dealkylation sites (tertiary alicyclic amines) is 1. The van der Waals surface area contributed by atoms with Crippen LogP contribution < -0.4 is 5.73 Å². The Morgan fingerprint density at radius 1 is 0.905 bits per heavy atom. The maximum absolute atomic E-state index is 5.74. The van der Waals surface area contributed by atoms with Gasteiger partial charge in [-0.15, -0.1) is 0 Å². The minimum Gasteiger partial charge on any atom is -0.330 e. The molecule has 2 fully saturated rings. The van der Waals surface area contributed by atoms with Gasteiger partial charge in [0.05, 0.1) is 0 Å². The van der Waals surface area contributed by atoms with Crippen LogP contribution in [-0.4, -0.2) is 24.5 Å². The van der Waals surface area contributed by atoms with Crippen molar-refractivity contribution in [3.63, 3.8) is 0 Å². The molecule has 1 saturated carbocycles. The second-order valence-corrected chi connectivity index (χ2v) is 7.14. The van der Waals surface area contributed by atoms with E-state index in [1.54, 1.807) is 0 Å². The van der Waals surface area contributed by atoms with Crippen LogP contribution in [-0.2, 0) is 13.0 Å². The van der Waals surface area contributed by atoms with Gasteiger partial charge in [-0.25, -0.2) is 0 Å². The van der Waals surface area contributed by atoms with E-state index in [4.69, 9.17) is 5.73 Å². The van der Waals surface area contributed by atoms with E-state index in [1.165, 1.54) is 69.2 Å². The second-order valence-electron chi connectivity index (χ2n) is 7.14. The molecule has 1 saturated heterocycles. The normalized spacial score (nSPS) is 22.5. The molecule has 1 aromatic rings. The predicted octanol–water partition coefficient (Wildman–Crippen LogP) is 3.73. The van der Waals surface area contributed by atoms with Crippen LogP contribution in [0.15, 0.2) is 24.3 Å². The Bertz CT molecular complexity index is 439. The molecular formula is C19H30N2. The first kappa shape index (κ1) is 15.1. The highest BCUT2D eigenvalue weighted by Gasteiger charge is 2.35. The van der Waals surface area contributed by atoms with Crippen LogP contribution in [0.4, 0.5) is 0 Å². The summed E-state index contributed by atoms with van der Waals surface area (Å²) in [5.74, 6) is 0. The molecule has 2 nitrogen and oxygen atoms in total. The van der Waals surface area contributed by atoms with Crippen molar-refractivity contribution in [1.29, 1.82) is 0 Å². The molecule has 1 heterocycles. The Morgan fingerprint density at radius 2 is 1.57 bits per heavy atom. The van der Waals surface area contributed by atoms with Crippen LogP contribution in [0.1, 0.15) is 56.1 Å². The standard InChI is InChI=1S/C19H30N2/c20-13-8-17-6-2-3-7-18(17)16-21-14-11-19(12-15-21)9-4-1-5-10-19/h2-3,6-7H,1,4-5,8-16,20H2. The van der Waals surface area contributed by atoms with Crippen LogP contribution >= 0.6 is 0 Å². The molecule has 3 rings (SSSR count). The van der Waals surface area contributed by atoms with E-state index in [2.05, 4.69) is 29.2 Å². The average molecular weight is 286 g/mol. The number of rotatable bonds is 4. The molecule has 0 amide bonds. The zero-order chi connectivity index (χ0) is 14.5. The van der Waals surface area contributed by atoms with E-state index in [9.17, 15) is 0 Å². The largest absolute Gasteiger partial charge is 0.330 e. The van der Waals surface area contributed by atoms with Crippen molar-refractivity contribution in [3.8, 4) is 0 Å². The average Bonchev–Trinajstić information content (AvgIpc) is 2.53. The summed E-state index contributed by atoms with van der Waals surface area (Å²) in [7, 11) is 0. The third kappa shape index (κ3) is 3.67. The summed E-state index contributed by atoms with van der Waals surface area (Å²) in [4.78, 5) is 2.66. The van der Waals surface area contributed by atoms with Crippen molar-refractivity contribution in [2.75, 3.05) is 19.6 Å². The Labute approximate surface area is 129 Å². The van der Waals surface area contributed by atoms with E-state index < -0.39 is 0 Å². The van der Waals surface area contributed by atoms with Crippen LogP contribution in [0.5, 0.6) is 0 Å². The van der Waals surface area contributed by atoms with Crippen molar-refractivity contribution in [3.05, 3.63) is 35.4 Å². The maximum atomic E-state index is 5.74. The zero-order valence-electron chi connectivity index (χ0n) is 13.3. The van der Waals surface area contributed by atoms with Crippen LogP contribution in [0.3, 0.4) is 0 Å². The van der Waals surface area contributed by atoms with Gasteiger partial charge in [-0.1, -0.05) is 43.5 Å². The van der Waals surface area contributed by atoms with Gasteiger partial charge in [0.1, 0.15) is 0 Å². The molecular weight excluding hydrogens is 256 g/mol. The number of hydrogen-bond donors (Lipinski definition) is 1. The quantitative estimate of drug-likeness (QED) is 0.913. The van der Waals surface area contributed by atoms with E-state index in [-0.39, 0.29) is 0 Å². The molecule has 0 aromatic heterocycles. The summed E-state index contributed by atoms with van der Waals surface area (Å²) in [6, 6.07) is 8.84. The molecule has 2 N–H and O–H groups in total. The van der Waals surface area contributed by atoms with E-state index >= 15 is 0 Å². The van der Waals surface area contributed by atoms with Gasteiger partial charge in [-0.05, 0) is 68.3 Å². The highest BCUT2D eigenvalue weighted by atomic mass is 15.1. The Morgan fingerprint density at radius 3 is 2.24 bits per heavy atom.